The summed E-state index contributed by atoms with van der Waals surface area (Å²) in [4.78, 5) is 27.0. The third-order valence-corrected chi connectivity index (χ3v) is 7.90. The largest absolute Gasteiger partial charge is 0.508 e. The van der Waals surface area contributed by atoms with Crippen molar-refractivity contribution in [2.24, 2.45) is 17.8 Å². The molecule has 2 N–H and O–H groups in total. The van der Waals surface area contributed by atoms with Gasteiger partial charge in [-0.05, 0) is 68.1 Å². The lowest BCUT2D eigenvalue weighted by atomic mass is 9.54. The molecule has 1 fully saturated rings. The van der Waals surface area contributed by atoms with E-state index in [0.717, 1.165) is 24.0 Å². The van der Waals surface area contributed by atoms with Crippen molar-refractivity contribution in [1.29, 1.82) is 0 Å². The molecule has 0 spiro atoms. The van der Waals surface area contributed by atoms with Gasteiger partial charge in [0.2, 0.25) is 0 Å². The topological polar surface area (TPSA) is 83.8 Å². The van der Waals surface area contributed by atoms with Crippen LogP contribution in [0, 0.1) is 17.8 Å². The van der Waals surface area contributed by atoms with Crippen molar-refractivity contribution < 1.29 is 24.4 Å². The van der Waals surface area contributed by atoms with Gasteiger partial charge in [-0.2, -0.15) is 0 Å². The Morgan fingerprint density at radius 2 is 1.74 bits per heavy atom. The highest BCUT2D eigenvalue weighted by Gasteiger charge is 2.53. The van der Waals surface area contributed by atoms with Crippen LogP contribution in [0.4, 0.5) is 0 Å². The van der Waals surface area contributed by atoms with Gasteiger partial charge < -0.3 is 14.8 Å². The predicted octanol–water partition coefficient (Wildman–Crippen LogP) is 5.49. The zero-order valence-electron chi connectivity index (χ0n) is 20.2. The maximum absolute atomic E-state index is 13.6. The predicted molar refractivity (Wildman–Crippen MR) is 136 cm³/mol. The fourth-order valence-electron chi connectivity index (χ4n) is 6.29. The lowest BCUT2D eigenvalue weighted by Gasteiger charge is -2.47. The summed E-state index contributed by atoms with van der Waals surface area (Å²) < 4.78 is 6.06. The van der Waals surface area contributed by atoms with Gasteiger partial charge in [-0.1, -0.05) is 60.5 Å². The minimum atomic E-state index is -0.952. The van der Waals surface area contributed by atoms with Crippen LogP contribution < -0.4 is 0 Å². The van der Waals surface area contributed by atoms with Crippen LogP contribution in [0.25, 0.3) is 6.08 Å². The first-order valence-corrected chi connectivity index (χ1v) is 12.6. The van der Waals surface area contributed by atoms with E-state index in [1.54, 1.807) is 24.3 Å². The number of rotatable bonds is 5. The molecule has 5 nitrogen and oxygen atoms in total. The van der Waals surface area contributed by atoms with Crippen molar-refractivity contribution in [2.75, 3.05) is 0 Å². The first-order chi connectivity index (χ1) is 16.9. The summed E-state index contributed by atoms with van der Waals surface area (Å²) >= 11 is 0. The number of fused-ring (bicyclic) bond motifs is 4. The summed E-state index contributed by atoms with van der Waals surface area (Å²) in [7, 11) is -0.952. The van der Waals surface area contributed by atoms with Gasteiger partial charge in [0.05, 0.1) is 6.10 Å². The standard InChI is InChI=1S/C29H31BO5/c1-3-19-15-23-27(29(33)22-7-5-4-6-21(22)28(23)32)24-16-30(34)35-25(26(19)24)13-8-17(2)14-18-9-11-20(31)12-10-18/h4-7,9-12,14,23-25,27,31,34H,3,8,13,15-16H2,1-2H3/b17-14+/t23-,24+,25-,27-/m1/s1. The quantitative estimate of drug-likeness (QED) is 0.446. The van der Waals surface area contributed by atoms with Crippen molar-refractivity contribution in [3.8, 4) is 5.75 Å². The van der Waals surface area contributed by atoms with Crippen LogP contribution in [0.2, 0.25) is 6.32 Å². The number of benzene rings is 2. The number of hydrogen-bond donors (Lipinski definition) is 2. The van der Waals surface area contributed by atoms with Gasteiger partial charge in [0.25, 0.3) is 0 Å². The molecule has 5 rings (SSSR count). The Morgan fingerprint density at radius 1 is 1.06 bits per heavy atom. The second kappa shape index (κ2) is 9.59. The summed E-state index contributed by atoms with van der Waals surface area (Å²) in [5, 5.41) is 20.2. The average Bonchev–Trinajstić information content (AvgIpc) is 2.86. The monoisotopic (exact) mass is 470 g/mol. The smallest absolute Gasteiger partial charge is 0.455 e. The van der Waals surface area contributed by atoms with Gasteiger partial charge in [-0.15, -0.1) is 0 Å². The van der Waals surface area contributed by atoms with Crippen LogP contribution in [-0.2, 0) is 4.65 Å². The van der Waals surface area contributed by atoms with Crippen LogP contribution in [0.15, 0.2) is 65.3 Å². The number of hydrogen-bond acceptors (Lipinski definition) is 5. The van der Waals surface area contributed by atoms with E-state index in [0.29, 0.717) is 30.3 Å². The number of phenols is 1. The second-order valence-corrected chi connectivity index (χ2v) is 10.1. The Kier molecular flexibility index (Phi) is 6.52. The number of ketones is 2. The molecule has 0 unspecified atom stereocenters. The summed E-state index contributed by atoms with van der Waals surface area (Å²) in [5.74, 6) is -0.646. The van der Waals surface area contributed by atoms with Gasteiger partial charge in [-0.3, -0.25) is 9.59 Å². The van der Waals surface area contributed by atoms with Crippen LogP contribution in [0.5, 0.6) is 5.75 Å². The second-order valence-electron chi connectivity index (χ2n) is 10.1. The van der Waals surface area contributed by atoms with Gasteiger partial charge in [0, 0.05) is 23.0 Å². The number of allylic oxidation sites excluding steroid dienone is 2. The zero-order valence-corrected chi connectivity index (χ0v) is 20.2. The third kappa shape index (κ3) is 4.41. The lowest BCUT2D eigenvalue weighted by molar-refractivity contribution is 0.0599. The van der Waals surface area contributed by atoms with Crippen LogP contribution in [0.1, 0.15) is 65.8 Å². The Balaban J connectivity index is 1.43. The average molecular weight is 470 g/mol. The van der Waals surface area contributed by atoms with Gasteiger partial charge in [-0.25, -0.2) is 0 Å². The number of aromatic hydroxyl groups is 1. The summed E-state index contributed by atoms with van der Waals surface area (Å²) in [5.41, 5.74) is 5.58. The molecule has 2 aromatic carbocycles. The molecule has 0 radical (unpaired) electrons. The van der Waals surface area contributed by atoms with Gasteiger partial charge >= 0.3 is 7.12 Å². The maximum atomic E-state index is 13.6. The van der Waals surface area contributed by atoms with Gasteiger partial charge in [0.15, 0.2) is 11.6 Å². The molecule has 2 aromatic rings. The minimum absolute atomic E-state index is 0.0270. The van der Waals surface area contributed by atoms with Crippen molar-refractivity contribution in [3.05, 3.63) is 81.9 Å². The maximum Gasteiger partial charge on any atom is 0.455 e. The van der Waals surface area contributed by atoms with E-state index < -0.39 is 13.0 Å². The normalized spacial score (nSPS) is 26.4. The molecule has 35 heavy (non-hydrogen) atoms. The van der Waals surface area contributed by atoms with E-state index in [4.69, 9.17) is 4.65 Å². The third-order valence-electron chi connectivity index (χ3n) is 7.90. The summed E-state index contributed by atoms with van der Waals surface area (Å²) in [6.45, 7) is 4.16. The summed E-state index contributed by atoms with van der Waals surface area (Å²) in [6, 6.07) is 14.2. The molecule has 180 valence electrons. The number of carbonyl (C=O) groups is 2. The van der Waals surface area contributed by atoms with E-state index >= 15 is 0 Å². The molecule has 1 heterocycles. The molecule has 3 aliphatic rings. The molecule has 1 aliphatic heterocycles. The Labute approximate surface area is 206 Å². The number of Topliss-reactive ketones (excluding diaryl/α,β-unsaturated/α-hetero) is 2. The molecule has 4 atom stereocenters. The van der Waals surface area contributed by atoms with E-state index in [1.807, 2.05) is 24.3 Å². The molecule has 2 aliphatic carbocycles. The number of phenolic OH excluding ortho intramolecular Hbond substituents is 1. The van der Waals surface area contributed by atoms with E-state index in [-0.39, 0.29) is 35.3 Å². The number of carbonyl (C=O) groups excluding carboxylic acids is 2. The molecule has 6 heteroatoms. The van der Waals surface area contributed by atoms with Crippen LogP contribution >= 0.6 is 0 Å². The highest BCUT2D eigenvalue weighted by Crippen LogP contribution is 2.51. The molecular formula is C29H31BO5. The Morgan fingerprint density at radius 3 is 2.43 bits per heavy atom. The van der Waals surface area contributed by atoms with E-state index in [2.05, 4.69) is 19.9 Å². The van der Waals surface area contributed by atoms with Crippen molar-refractivity contribution in [2.45, 2.75) is 52.0 Å². The van der Waals surface area contributed by atoms with Crippen LogP contribution in [0.3, 0.4) is 0 Å². The molecular weight excluding hydrogens is 439 g/mol. The first kappa shape index (κ1) is 23.8. The Bertz CT molecular complexity index is 1210. The Hall–Kier alpha value is -2.96. The fourth-order valence-corrected chi connectivity index (χ4v) is 6.29. The highest BCUT2D eigenvalue weighted by atomic mass is 16.5. The summed E-state index contributed by atoms with van der Waals surface area (Å²) in [6.07, 6.45) is 5.02. The minimum Gasteiger partial charge on any atom is -0.508 e. The van der Waals surface area contributed by atoms with E-state index in [1.165, 1.54) is 11.1 Å². The van der Waals surface area contributed by atoms with Gasteiger partial charge in [0.1, 0.15) is 5.75 Å². The zero-order chi connectivity index (χ0) is 24.7. The molecule has 0 aromatic heterocycles. The van der Waals surface area contributed by atoms with Crippen molar-refractivity contribution in [1.82, 2.24) is 0 Å². The molecule has 0 saturated carbocycles. The van der Waals surface area contributed by atoms with Crippen molar-refractivity contribution in [3.63, 3.8) is 0 Å². The lowest BCUT2D eigenvalue weighted by Crippen LogP contribution is -2.50. The van der Waals surface area contributed by atoms with Crippen LogP contribution in [-0.4, -0.2) is 34.9 Å². The molecule has 1 saturated heterocycles. The highest BCUT2D eigenvalue weighted by molar-refractivity contribution is 6.43. The molecule has 0 amide bonds. The first-order valence-electron chi connectivity index (χ1n) is 12.6. The van der Waals surface area contributed by atoms with E-state index in [9.17, 15) is 19.7 Å². The van der Waals surface area contributed by atoms with Crippen molar-refractivity contribution >= 4 is 24.8 Å². The SMILES string of the molecule is CCC1=C2[C@@H](CC/C(C)=C/c3ccc(O)cc3)OB(O)C[C@@H]2[C@@H]2C(=O)c3ccccc3C(=O)[C@@H]2C1. The fraction of sp³-hybridized carbons (Fsp3) is 0.379. The molecule has 0 bridgehead atoms.